The lowest BCUT2D eigenvalue weighted by Crippen LogP contribution is -2.49. The molecule has 1 saturated heterocycles. The van der Waals surface area contributed by atoms with Gasteiger partial charge >= 0.3 is 5.97 Å². The van der Waals surface area contributed by atoms with Gasteiger partial charge in [0.05, 0.1) is 4.90 Å². The van der Waals surface area contributed by atoms with E-state index in [0.29, 0.717) is 13.1 Å². The molecule has 0 unspecified atom stereocenters. The highest BCUT2D eigenvalue weighted by Gasteiger charge is 2.29. The molecule has 1 aromatic rings. The molecule has 1 aliphatic heterocycles. The SMILES string of the molecule is CC(=O)N1CCN(S(=O)(=O)c2ccc(C(=O)N[C@@H](C)C(=O)O)cc2)CC1. The molecule has 0 spiro atoms. The standard InChI is InChI=1S/C16H21N3O6S/c1-11(16(22)23)17-15(21)13-3-5-14(6-4-13)26(24,25)19-9-7-18(8-10-19)12(2)20/h3-6,11H,7-10H2,1-2H3,(H,17,21)(H,22,23)/t11-/m0/s1. The van der Waals surface area contributed by atoms with Crippen molar-refractivity contribution in [3.05, 3.63) is 29.8 Å². The Morgan fingerprint density at radius 1 is 1.08 bits per heavy atom. The summed E-state index contributed by atoms with van der Waals surface area (Å²) in [6, 6.07) is 4.24. The number of hydrogen-bond donors (Lipinski definition) is 2. The van der Waals surface area contributed by atoms with Gasteiger partial charge in [0.25, 0.3) is 5.91 Å². The smallest absolute Gasteiger partial charge is 0.325 e. The molecule has 10 heteroatoms. The number of hydrogen-bond acceptors (Lipinski definition) is 5. The van der Waals surface area contributed by atoms with E-state index in [1.54, 1.807) is 4.90 Å². The van der Waals surface area contributed by atoms with Gasteiger partial charge in [0, 0.05) is 38.7 Å². The van der Waals surface area contributed by atoms with Crippen LogP contribution in [0.2, 0.25) is 0 Å². The third kappa shape index (κ3) is 4.38. The van der Waals surface area contributed by atoms with Crippen molar-refractivity contribution in [1.29, 1.82) is 0 Å². The van der Waals surface area contributed by atoms with E-state index in [2.05, 4.69) is 5.32 Å². The van der Waals surface area contributed by atoms with Gasteiger partial charge in [-0.15, -0.1) is 0 Å². The van der Waals surface area contributed by atoms with Crippen LogP contribution in [0.3, 0.4) is 0 Å². The van der Waals surface area contributed by atoms with E-state index in [1.807, 2.05) is 0 Å². The lowest BCUT2D eigenvalue weighted by Gasteiger charge is -2.33. The van der Waals surface area contributed by atoms with Gasteiger partial charge in [-0.1, -0.05) is 0 Å². The van der Waals surface area contributed by atoms with Crippen LogP contribution in [0.1, 0.15) is 24.2 Å². The molecule has 2 N–H and O–H groups in total. The van der Waals surface area contributed by atoms with Gasteiger partial charge in [0.1, 0.15) is 6.04 Å². The summed E-state index contributed by atoms with van der Waals surface area (Å²) in [5, 5.41) is 11.1. The number of nitrogens with one attached hydrogen (secondary N) is 1. The summed E-state index contributed by atoms with van der Waals surface area (Å²) in [6.45, 7) is 3.86. The van der Waals surface area contributed by atoms with Crippen LogP contribution in [-0.2, 0) is 19.6 Å². The van der Waals surface area contributed by atoms with E-state index in [-0.39, 0.29) is 29.5 Å². The fourth-order valence-corrected chi connectivity index (χ4v) is 3.93. The molecule has 9 nitrogen and oxygen atoms in total. The summed E-state index contributed by atoms with van der Waals surface area (Å²) in [5.74, 6) is -1.85. The third-order valence-corrected chi connectivity index (χ3v) is 6.07. The average Bonchev–Trinajstić information content (AvgIpc) is 2.61. The number of sulfonamides is 1. The Bertz CT molecular complexity index is 798. The molecule has 142 valence electrons. The Balaban J connectivity index is 2.08. The van der Waals surface area contributed by atoms with Crippen LogP contribution < -0.4 is 5.32 Å². The molecule has 1 aliphatic rings. The molecule has 2 rings (SSSR count). The Labute approximate surface area is 151 Å². The number of rotatable bonds is 5. The zero-order chi connectivity index (χ0) is 19.5. The van der Waals surface area contributed by atoms with E-state index >= 15 is 0 Å². The van der Waals surface area contributed by atoms with Crippen LogP contribution in [0, 0.1) is 0 Å². The van der Waals surface area contributed by atoms with E-state index in [0.717, 1.165) is 0 Å². The normalized spacial score (nSPS) is 16.8. The molecule has 1 aromatic carbocycles. The fourth-order valence-electron chi connectivity index (χ4n) is 2.51. The van der Waals surface area contributed by atoms with Crippen molar-refractivity contribution in [2.45, 2.75) is 24.8 Å². The van der Waals surface area contributed by atoms with Gasteiger partial charge in [-0.2, -0.15) is 4.31 Å². The number of piperazine rings is 1. The van der Waals surface area contributed by atoms with E-state index in [4.69, 9.17) is 5.11 Å². The van der Waals surface area contributed by atoms with E-state index in [1.165, 1.54) is 42.4 Å². The molecular formula is C16H21N3O6S. The molecule has 2 amide bonds. The molecule has 26 heavy (non-hydrogen) atoms. The monoisotopic (exact) mass is 383 g/mol. The van der Waals surface area contributed by atoms with Crippen molar-refractivity contribution in [2.24, 2.45) is 0 Å². The molecular weight excluding hydrogens is 362 g/mol. The first-order valence-electron chi connectivity index (χ1n) is 8.02. The highest BCUT2D eigenvalue weighted by atomic mass is 32.2. The molecule has 1 heterocycles. The van der Waals surface area contributed by atoms with Crippen LogP contribution in [0.25, 0.3) is 0 Å². The number of carbonyl (C=O) groups is 3. The first-order valence-corrected chi connectivity index (χ1v) is 9.46. The molecule has 0 saturated carbocycles. The maximum atomic E-state index is 12.7. The van der Waals surface area contributed by atoms with Crippen molar-refractivity contribution < 1.29 is 27.9 Å². The highest BCUT2D eigenvalue weighted by Crippen LogP contribution is 2.18. The van der Waals surface area contributed by atoms with Gasteiger partial charge in [0.2, 0.25) is 15.9 Å². The number of amides is 2. The van der Waals surface area contributed by atoms with Crippen LogP contribution in [0.15, 0.2) is 29.2 Å². The molecule has 0 radical (unpaired) electrons. The second-order valence-corrected chi connectivity index (χ2v) is 7.91. The van der Waals surface area contributed by atoms with Crippen molar-refractivity contribution in [1.82, 2.24) is 14.5 Å². The second-order valence-electron chi connectivity index (χ2n) is 5.97. The molecule has 0 bridgehead atoms. The summed E-state index contributed by atoms with van der Waals surface area (Å²) < 4.78 is 26.6. The number of benzene rings is 1. The molecule has 1 fully saturated rings. The molecule has 1 atom stereocenters. The average molecular weight is 383 g/mol. The predicted molar refractivity (Wildman–Crippen MR) is 92.0 cm³/mol. The zero-order valence-electron chi connectivity index (χ0n) is 14.5. The van der Waals surface area contributed by atoms with Crippen LogP contribution in [-0.4, -0.2) is 72.7 Å². The van der Waals surface area contributed by atoms with E-state index in [9.17, 15) is 22.8 Å². The number of carboxylic acids is 1. The van der Waals surface area contributed by atoms with Gasteiger partial charge in [-0.25, -0.2) is 8.42 Å². The highest BCUT2D eigenvalue weighted by molar-refractivity contribution is 7.89. The van der Waals surface area contributed by atoms with Crippen LogP contribution >= 0.6 is 0 Å². The first kappa shape index (κ1) is 19.9. The Kier molecular flexibility index (Phi) is 5.98. The number of carbonyl (C=O) groups excluding carboxylic acids is 2. The van der Waals surface area contributed by atoms with Crippen molar-refractivity contribution >= 4 is 27.8 Å². The number of nitrogens with zero attached hydrogens (tertiary/aromatic N) is 2. The summed E-state index contributed by atoms with van der Waals surface area (Å²) in [6.07, 6.45) is 0. The summed E-state index contributed by atoms with van der Waals surface area (Å²) >= 11 is 0. The quantitative estimate of drug-likeness (QED) is 0.722. The summed E-state index contributed by atoms with van der Waals surface area (Å²) in [5.41, 5.74) is 0.165. The minimum absolute atomic E-state index is 0.0385. The molecule has 0 aliphatic carbocycles. The van der Waals surface area contributed by atoms with Crippen LogP contribution in [0.5, 0.6) is 0 Å². The van der Waals surface area contributed by atoms with Crippen molar-refractivity contribution in [3.63, 3.8) is 0 Å². The summed E-state index contributed by atoms with van der Waals surface area (Å²) in [7, 11) is -3.72. The van der Waals surface area contributed by atoms with Gasteiger partial charge in [-0.05, 0) is 31.2 Å². The minimum Gasteiger partial charge on any atom is -0.480 e. The van der Waals surface area contributed by atoms with E-state index < -0.39 is 27.9 Å². The Morgan fingerprint density at radius 2 is 1.62 bits per heavy atom. The van der Waals surface area contributed by atoms with Gasteiger partial charge in [-0.3, -0.25) is 14.4 Å². The number of aliphatic carboxylic acids is 1. The van der Waals surface area contributed by atoms with Gasteiger partial charge in [0.15, 0.2) is 0 Å². The molecule has 0 aromatic heterocycles. The zero-order valence-corrected chi connectivity index (χ0v) is 15.3. The minimum atomic E-state index is -3.72. The summed E-state index contributed by atoms with van der Waals surface area (Å²) in [4.78, 5) is 35.7. The van der Waals surface area contributed by atoms with Crippen LogP contribution in [0.4, 0.5) is 0 Å². The second kappa shape index (κ2) is 7.83. The van der Waals surface area contributed by atoms with Crippen molar-refractivity contribution in [2.75, 3.05) is 26.2 Å². The van der Waals surface area contributed by atoms with Crippen molar-refractivity contribution in [3.8, 4) is 0 Å². The topological polar surface area (TPSA) is 124 Å². The lowest BCUT2D eigenvalue weighted by molar-refractivity contribution is -0.138. The Morgan fingerprint density at radius 3 is 2.08 bits per heavy atom. The first-order chi connectivity index (χ1) is 12.1. The Hall–Kier alpha value is -2.46. The largest absolute Gasteiger partial charge is 0.480 e. The van der Waals surface area contributed by atoms with Gasteiger partial charge < -0.3 is 15.3 Å². The lowest BCUT2D eigenvalue weighted by atomic mass is 10.2. The predicted octanol–water partition coefficient (Wildman–Crippen LogP) is -0.258. The maximum absolute atomic E-state index is 12.7. The maximum Gasteiger partial charge on any atom is 0.325 e. The third-order valence-electron chi connectivity index (χ3n) is 4.16. The number of carboxylic acid groups (broad SMARTS) is 1. The fraction of sp³-hybridized carbons (Fsp3) is 0.438.